The lowest BCUT2D eigenvalue weighted by Gasteiger charge is -2.32. The summed E-state index contributed by atoms with van der Waals surface area (Å²) in [5.74, 6) is 2.10. The molecule has 7 heteroatoms. The van der Waals surface area contributed by atoms with Gasteiger partial charge < -0.3 is 14.8 Å². The summed E-state index contributed by atoms with van der Waals surface area (Å²) >= 11 is 0. The lowest BCUT2D eigenvalue weighted by molar-refractivity contribution is -0.131. The van der Waals surface area contributed by atoms with Crippen molar-refractivity contribution in [2.45, 2.75) is 57.9 Å². The van der Waals surface area contributed by atoms with Crippen LogP contribution < -0.4 is 5.32 Å². The zero-order chi connectivity index (χ0) is 20.2. The Morgan fingerprint density at radius 3 is 2.90 bits per heavy atom. The summed E-state index contributed by atoms with van der Waals surface area (Å²) in [5, 5.41) is 11.7. The van der Waals surface area contributed by atoms with E-state index in [1.807, 2.05) is 30.0 Å². The number of nitrogens with one attached hydrogen (secondary N) is 1. The van der Waals surface area contributed by atoms with Crippen LogP contribution in [0.4, 0.5) is 0 Å². The maximum atomic E-state index is 12.7. The predicted octanol–water partition coefficient (Wildman–Crippen LogP) is 2.45. The summed E-state index contributed by atoms with van der Waals surface area (Å²) in [6.45, 7) is 4.33. The van der Waals surface area contributed by atoms with Gasteiger partial charge in [-0.25, -0.2) is 0 Å². The molecule has 0 unspecified atom stereocenters. The molecule has 2 aromatic rings. The van der Waals surface area contributed by atoms with Crippen molar-refractivity contribution in [1.29, 1.82) is 0 Å². The van der Waals surface area contributed by atoms with Gasteiger partial charge in [0.15, 0.2) is 0 Å². The highest BCUT2D eigenvalue weighted by Crippen LogP contribution is 2.28. The fourth-order valence-electron chi connectivity index (χ4n) is 4.38. The van der Waals surface area contributed by atoms with E-state index in [0.717, 1.165) is 49.6 Å². The van der Waals surface area contributed by atoms with Crippen LogP contribution in [-0.4, -0.2) is 51.1 Å². The molecule has 1 atom stereocenters. The average molecular weight is 396 g/mol. The molecule has 0 bridgehead atoms. The van der Waals surface area contributed by atoms with E-state index in [2.05, 4.69) is 20.1 Å². The number of carbonyl (C=O) groups is 2. The van der Waals surface area contributed by atoms with E-state index >= 15 is 0 Å². The third-order valence-corrected chi connectivity index (χ3v) is 5.96. The first-order valence-corrected chi connectivity index (χ1v) is 10.7. The van der Waals surface area contributed by atoms with Crippen molar-refractivity contribution in [3.63, 3.8) is 0 Å². The van der Waals surface area contributed by atoms with Crippen molar-refractivity contribution in [1.82, 2.24) is 25.0 Å². The van der Waals surface area contributed by atoms with Crippen LogP contribution in [0.5, 0.6) is 0 Å². The number of likely N-dealkylation sites (tertiary alicyclic amines) is 1. The largest absolute Gasteiger partial charge is 0.343 e. The zero-order valence-electron chi connectivity index (χ0n) is 17.1. The number of aryl methyl sites for hydroxylation is 2. The van der Waals surface area contributed by atoms with Gasteiger partial charge in [-0.05, 0) is 44.7 Å². The Morgan fingerprint density at radius 2 is 2.03 bits per heavy atom. The van der Waals surface area contributed by atoms with E-state index in [-0.39, 0.29) is 24.3 Å². The van der Waals surface area contributed by atoms with E-state index in [1.54, 1.807) is 6.07 Å². The molecule has 0 aliphatic carbocycles. The predicted molar refractivity (Wildman–Crippen MR) is 110 cm³/mol. The number of nitrogens with zero attached hydrogens (tertiary/aromatic N) is 4. The van der Waals surface area contributed by atoms with E-state index in [9.17, 15) is 9.59 Å². The summed E-state index contributed by atoms with van der Waals surface area (Å²) in [5.41, 5.74) is 1.61. The Labute approximate surface area is 171 Å². The summed E-state index contributed by atoms with van der Waals surface area (Å²) in [7, 11) is 0. The Balaban J connectivity index is 1.36. The van der Waals surface area contributed by atoms with E-state index in [1.165, 1.54) is 19.3 Å². The molecule has 2 aliphatic heterocycles. The average Bonchev–Trinajstić information content (AvgIpc) is 3.00. The molecule has 3 heterocycles. The number of fused-ring (bicyclic) bond motifs is 1. The van der Waals surface area contributed by atoms with Gasteiger partial charge in [0.25, 0.3) is 5.91 Å². The summed E-state index contributed by atoms with van der Waals surface area (Å²) in [6, 6.07) is 7.39. The van der Waals surface area contributed by atoms with Crippen LogP contribution in [0.25, 0.3) is 0 Å². The molecule has 154 valence electrons. The smallest absolute Gasteiger partial charge is 0.251 e. The van der Waals surface area contributed by atoms with Gasteiger partial charge in [-0.15, -0.1) is 10.2 Å². The fraction of sp³-hybridized carbons (Fsp3) is 0.545. The Morgan fingerprint density at radius 1 is 1.14 bits per heavy atom. The molecule has 1 N–H and O–H groups in total. The van der Waals surface area contributed by atoms with Crippen molar-refractivity contribution in [3.8, 4) is 0 Å². The minimum atomic E-state index is -0.210. The Kier molecular flexibility index (Phi) is 5.92. The maximum absolute atomic E-state index is 12.7. The van der Waals surface area contributed by atoms with Crippen LogP contribution in [0.3, 0.4) is 0 Å². The number of rotatable bonds is 4. The molecule has 29 heavy (non-hydrogen) atoms. The highest BCUT2D eigenvalue weighted by atomic mass is 16.2. The van der Waals surface area contributed by atoms with Crippen LogP contribution in [-0.2, 0) is 17.8 Å². The number of amides is 2. The van der Waals surface area contributed by atoms with Gasteiger partial charge in [-0.3, -0.25) is 9.59 Å². The molecule has 2 aliphatic rings. The van der Waals surface area contributed by atoms with Crippen molar-refractivity contribution >= 4 is 11.8 Å². The lowest BCUT2D eigenvalue weighted by atomic mass is 9.97. The number of carbonyl (C=O) groups excluding carboxylic acids is 2. The number of hydrogen-bond acceptors (Lipinski definition) is 4. The molecule has 7 nitrogen and oxygen atoms in total. The highest BCUT2D eigenvalue weighted by Gasteiger charge is 2.29. The Bertz CT molecular complexity index is 891. The maximum Gasteiger partial charge on any atom is 0.251 e. The molecular formula is C22H29N5O2. The molecule has 0 saturated carbocycles. The first-order valence-electron chi connectivity index (χ1n) is 10.7. The van der Waals surface area contributed by atoms with Gasteiger partial charge in [-0.1, -0.05) is 24.1 Å². The van der Waals surface area contributed by atoms with Gasteiger partial charge in [0, 0.05) is 37.5 Å². The molecular weight excluding hydrogens is 366 g/mol. The number of aromatic nitrogens is 3. The van der Waals surface area contributed by atoms with Gasteiger partial charge in [-0.2, -0.15) is 0 Å². The SMILES string of the molecule is Cc1cccc(C(=O)NCC(=O)N2CCC[C@@H](c3nnc4n3CCCCC4)C2)c1. The van der Waals surface area contributed by atoms with Gasteiger partial charge in [0.05, 0.1) is 6.54 Å². The fourth-order valence-corrected chi connectivity index (χ4v) is 4.38. The number of piperidine rings is 1. The summed E-state index contributed by atoms with van der Waals surface area (Å²) < 4.78 is 2.28. The molecule has 1 aromatic heterocycles. The van der Waals surface area contributed by atoms with Crippen molar-refractivity contribution in [3.05, 3.63) is 47.0 Å². The topological polar surface area (TPSA) is 80.1 Å². The van der Waals surface area contributed by atoms with Crippen molar-refractivity contribution in [2.75, 3.05) is 19.6 Å². The lowest BCUT2D eigenvalue weighted by Crippen LogP contribution is -2.45. The second kappa shape index (κ2) is 8.76. The van der Waals surface area contributed by atoms with E-state index in [0.29, 0.717) is 12.1 Å². The normalized spacial score (nSPS) is 19.3. The molecule has 0 spiro atoms. The number of hydrogen-bond donors (Lipinski definition) is 1. The second-order valence-electron chi connectivity index (χ2n) is 8.17. The monoisotopic (exact) mass is 395 g/mol. The molecule has 1 aromatic carbocycles. The molecule has 2 amide bonds. The second-order valence-corrected chi connectivity index (χ2v) is 8.17. The first kappa shape index (κ1) is 19.6. The minimum Gasteiger partial charge on any atom is -0.343 e. The Hall–Kier alpha value is -2.70. The molecule has 4 rings (SSSR count). The van der Waals surface area contributed by atoms with Crippen LogP contribution in [0, 0.1) is 6.92 Å². The van der Waals surface area contributed by atoms with Crippen LogP contribution in [0.2, 0.25) is 0 Å². The number of benzene rings is 1. The third kappa shape index (κ3) is 4.49. The zero-order valence-corrected chi connectivity index (χ0v) is 17.1. The van der Waals surface area contributed by atoms with E-state index < -0.39 is 0 Å². The first-order chi connectivity index (χ1) is 14.1. The van der Waals surface area contributed by atoms with Crippen LogP contribution in [0.1, 0.15) is 65.6 Å². The standard InChI is InChI=1S/C22H29N5O2/c1-16-7-5-8-17(13-16)22(29)23-14-20(28)26-11-6-9-18(15-26)21-25-24-19-10-3-2-4-12-27(19)21/h5,7-8,13,18H,2-4,6,9-12,14-15H2,1H3,(H,23,29)/t18-/m1/s1. The van der Waals surface area contributed by atoms with E-state index in [4.69, 9.17) is 0 Å². The van der Waals surface area contributed by atoms with Gasteiger partial charge in [0.2, 0.25) is 5.91 Å². The minimum absolute atomic E-state index is 0.0252. The van der Waals surface area contributed by atoms with Crippen molar-refractivity contribution in [2.24, 2.45) is 0 Å². The quantitative estimate of drug-likeness (QED) is 0.862. The van der Waals surface area contributed by atoms with Crippen molar-refractivity contribution < 1.29 is 9.59 Å². The molecule has 0 radical (unpaired) electrons. The molecule has 1 saturated heterocycles. The highest BCUT2D eigenvalue weighted by molar-refractivity contribution is 5.96. The molecule has 1 fully saturated rings. The summed E-state index contributed by atoms with van der Waals surface area (Å²) in [6.07, 6.45) is 6.54. The summed E-state index contributed by atoms with van der Waals surface area (Å²) in [4.78, 5) is 26.9. The van der Waals surface area contributed by atoms with Crippen LogP contribution in [0.15, 0.2) is 24.3 Å². The van der Waals surface area contributed by atoms with Crippen LogP contribution >= 0.6 is 0 Å². The third-order valence-electron chi connectivity index (χ3n) is 5.96. The van der Waals surface area contributed by atoms with Gasteiger partial charge >= 0.3 is 0 Å². The van der Waals surface area contributed by atoms with Gasteiger partial charge in [0.1, 0.15) is 11.6 Å².